The molecule has 1 aromatic heterocycles. The molecule has 0 aliphatic carbocycles. The number of pyridine rings is 1. The molecule has 0 spiro atoms. The van der Waals surface area contributed by atoms with Gasteiger partial charge in [-0.1, -0.05) is 53.5 Å². The third-order valence-corrected chi connectivity index (χ3v) is 7.29. The molecule has 2 heterocycles. The van der Waals surface area contributed by atoms with Gasteiger partial charge in [-0.2, -0.15) is 0 Å². The quantitative estimate of drug-likeness (QED) is 0.183. The molecule has 10 heteroatoms. The van der Waals surface area contributed by atoms with Gasteiger partial charge in [0.2, 0.25) is 0 Å². The van der Waals surface area contributed by atoms with Crippen molar-refractivity contribution in [2.75, 3.05) is 4.90 Å². The summed E-state index contributed by atoms with van der Waals surface area (Å²) in [5.41, 5.74) is 4.04. The van der Waals surface area contributed by atoms with Crippen molar-refractivity contribution < 1.29 is 9.85 Å². The summed E-state index contributed by atoms with van der Waals surface area (Å²) in [7, 11) is 0. The van der Waals surface area contributed by atoms with Crippen LogP contribution in [-0.2, 0) is 0 Å². The largest absolute Gasteiger partial charge is 0.357 e. The summed E-state index contributed by atoms with van der Waals surface area (Å²) in [4.78, 5) is 28.5. The lowest BCUT2D eigenvalue weighted by molar-refractivity contribution is -0.384. The molecule has 186 valence electrons. The van der Waals surface area contributed by atoms with Gasteiger partial charge >= 0.3 is 0 Å². The molecule has 8 nitrogen and oxygen atoms in total. The Bertz CT molecular complexity index is 1410. The van der Waals surface area contributed by atoms with Crippen LogP contribution in [0.4, 0.5) is 17.1 Å². The van der Waals surface area contributed by atoms with Crippen LogP contribution in [0, 0.1) is 20.2 Å². The molecule has 0 unspecified atom stereocenters. The molecule has 3 aromatic carbocycles. The van der Waals surface area contributed by atoms with Crippen LogP contribution in [0.15, 0.2) is 85.2 Å². The van der Waals surface area contributed by atoms with E-state index in [1.54, 1.807) is 36.7 Å². The number of hydrogen-bond donors (Lipinski definition) is 0. The highest BCUT2D eigenvalue weighted by Gasteiger charge is 2.37. The van der Waals surface area contributed by atoms with Crippen LogP contribution in [0.25, 0.3) is 11.1 Å². The van der Waals surface area contributed by atoms with Crippen molar-refractivity contribution >= 4 is 40.3 Å². The number of rotatable bonds is 6. The number of nitrogens with zero attached hydrogens (tertiary/aromatic N) is 4. The molecule has 0 radical (unpaired) electrons. The molecule has 1 aliphatic rings. The molecular weight excluding hydrogens is 515 g/mol. The Morgan fingerprint density at radius 2 is 1.30 bits per heavy atom. The van der Waals surface area contributed by atoms with Crippen molar-refractivity contribution in [3.8, 4) is 11.1 Å². The predicted octanol–water partition coefficient (Wildman–Crippen LogP) is 7.95. The number of hydrogen-bond acceptors (Lipinski definition) is 6. The van der Waals surface area contributed by atoms with Crippen molar-refractivity contribution in [1.29, 1.82) is 0 Å². The van der Waals surface area contributed by atoms with E-state index in [1.165, 1.54) is 12.1 Å². The van der Waals surface area contributed by atoms with Crippen LogP contribution in [0.2, 0.25) is 10.0 Å². The lowest BCUT2D eigenvalue weighted by atomic mass is 10.0. The lowest BCUT2D eigenvalue weighted by Crippen LogP contribution is -2.26. The Morgan fingerprint density at radius 1 is 0.757 bits per heavy atom. The average molecular weight is 535 g/mol. The summed E-state index contributed by atoms with van der Waals surface area (Å²) >= 11 is 12.2. The zero-order valence-corrected chi connectivity index (χ0v) is 20.8. The van der Waals surface area contributed by atoms with Crippen molar-refractivity contribution in [2.45, 2.75) is 24.9 Å². The van der Waals surface area contributed by atoms with E-state index in [0.29, 0.717) is 12.8 Å². The normalized spacial score (nSPS) is 17.1. The topological polar surface area (TPSA) is 102 Å². The fourth-order valence-electron chi connectivity index (χ4n) is 4.94. The molecule has 0 N–H and O–H groups in total. The van der Waals surface area contributed by atoms with Crippen LogP contribution >= 0.6 is 23.2 Å². The molecule has 1 saturated heterocycles. The summed E-state index contributed by atoms with van der Waals surface area (Å²) in [6.45, 7) is 0. The van der Waals surface area contributed by atoms with Crippen molar-refractivity contribution in [2.24, 2.45) is 0 Å². The molecule has 1 aliphatic heterocycles. The Hall–Kier alpha value is -4.01. The first kappa shape index (κ1) is 24.7. The number of anilines is 1. The summed E-state index contributed by atoms with van der Waals surface area (Å²) in [5.74, 6) is 0. The van der Waals surface area contributed by atoms with Gasteiger partial charge in [0.05, 0.1) is 21.9 Å². The number of benzene rings is 3. The first-order valence-electron chi connectivity index (χ1n) is 11.5. The second kappa shape index (κ2) is 10.2. The van der Waals surface area contributed by atoms with Gasteiger partial charge in [0.25, 0.3) is 11.4 Å². The summed E-state index contributed by atoms with van der Waals surface area (Å²) in [6, 6.07) is 21.1. The van der Waals surface area contributed by atoms with E-state index in [0.717, 1.165) is 27.9 Å². The molecule has 5 rings (SSSR count). The Kier molecular flexibility index (Phi) is 6.78. The first-order valence-corrected chi connectivity index (χ1v) is 12.3. The minimum absolute atomic E-state index is 0.0731. The van der Waals surface area contributed by atoms with Gasteiger partial charge in [-0.25, -0.2) is 0 Å². The van der Waals surface area contributed by atoms with E-state index in [1.807, 2.05) is 36.4 Å². The van der Waals surface area contributed by atoms with Crippen molar-refractivity contribution in [3.63, 3.8) is 0 Å². The number of nitro benzene ring substituents is 2. The summed E-state index contributed by atoms with van der Waals surface area (Å²) < 4.78 is 0. The van der Waals surface area contributed by atoms with Gasteiger partial charge in [0.1, 0.15) is 10.0 Å². The van der Waals surface area contributed by atoms with Crippen LogP contribution in [0.1, 0.15) is 36.1 Å². The third kappa shape index (κ3) is 4.85. The highest BCUT2D eigenvalue weighted by atomic mass is 35.5. The van der Waals surface area contributed by atoms with E-state index >= 15 is 0 Å². The highest BCUT2D eigenvalue weighted by molar-refractivity contribution is 6.33. The summed E-state index contributed by atoms with van der Waals surface area (Å²) in [6.07, 6.45) is 4.87. The average Bonchev–Trinajstić information content (AvgIpc) is 3.34. The van der Waals surface area contributed by atoms with E-state index in [9.17, 15) is 20.2 Å². The Balaban J connectivity index is 1.59. The van der Waals surface area contributed by atoms with Crippen molar-refractivity contribution in [1.82, 2.24) is 4.98 Å². The second-order valence-corrected chi connectivity index (χ2v) is 9.56. The maximum atomic E-state index is 11.6. The Morgan fingerprint density at radius 3 is 1.76 bits per heavy atom. The van der Waals surface area contributed by atoms with Gasteiger partial charge in [-0.3, -0.25) is 25.2 Å². The Labute approximate surface area is 222 Å². The van der Waals surface area contributed by atoms with E-state index in [2.05, 4.69) is 9.88 Å². The fraction of sp³-hybridized carbons (Fsp3) is 0.148. The van der Waals surface area contributed by atoms with Gasteiger partial charge < -0.3 is 4.90 Å². The maximum Gasteiger partial charge on any atom is 0.288 e. The molecule has 1 fully saturated rings. The zero-order valence-electron chi connectivity index (χ0n) is 19.3. The van der Waals surface area contributed by atoms with Crippen LogP contribution in [-0.4, -0.2) is 14.8 Å². The van der Waals surface area contributed by atoms with Crippen LogP contribution in [0.3, 0.4) is 0 Å². The third-order valence-electron chi connectivity index (χ3n) is 6.65. The van der Waals surface area contributed by atoms with E-state index < -0.39 is 9.85 Å². The first-order chi connectivity index (χ1) is 17.8. The minimum atomic E-state index is -0.492. The molecule has 2 atom stereocenters. The fourth-order valence-corrected chi connectivity index (χ4v) is 5.31. The standard InChI is InChI=1S/C27H20Cl2N4O4/c28-22-9-5-18(14-26(22)32(34)35)24-11-12-25(19-6-10-23(29)27(15-19)33(36)37)31(24)21-7-3-17(4-8-21)20-2-1-13-30-16-20/h1-10,13-16,24-25H,11-12H2/t24-,25-/m1/s1. The summed E-state index contributed by atoms with van der Waals surface area (Å²) in [5, 5.41) is 23.3. The molecule has 0 amide bonds. The smallest absolute Gasteiger partial charge is 0.288 e. The lowest BCUT2D eigenvalue weighted by Gasteiger charge is -2.33. The molecule has 0 bridgehead atoms. The van der Waals surface area contributed by atoms with Crippen LogP contribution < -0.4 is 4.90 Å². The van der Waals surface area contributed by atoms with E-state index in [4.69, 9.17) is 23.2 Å². The number of halogens is 2. The SMILES string of the molecule is O=[N+]([O-])c1cc([C@H]2CC[C@H](c3ccc(Cl)c([N+](=O)[O-])c3)N2c2ccc(-c3cccnc3)cc2)ccc1Cl. The molecule has 37 heavy (non-hydrogen) atoms. The van der Waals surface area contributed by atoms with Crippen molar-refractivity contribution in [3.05, 3.63) is 127 Å². The molecular formula is C27H20Cl2N4O4. The highest BCUT2D eigenvalue weighted by Crippen LogP contribution is 2.48. The minimum Gasteiger partial charge on any atom is -0.357 e. The zero-order chi connectivity index (χ0) is 26.1. The predicted molar refractivity (Wildman–Crippen MR) is 143 cm³/mol. The van der Waals surface area contributed by atoms with Crippen LogP contribution in [0.5, 0.6) is 0 Å². The second-order valence-electron chi connectivity index (χ2n) is 8.74. The molecule has 4 aromatic rings. The van der Waals surface area contributed by atoms with Gasteiger partial charge in [0, 0.05) is 30.2 Å². The van der Waals surface area contributed by atoms with E-state index in [-0.39, 0.29) is 33.5 Å². The maximum absolute atomic E-state index is 11.6. The van der Waals surface area contributed by atoms with Gasteiger partial charge in [0.15, 0.2) is 0 Å². The molecule has 0 saturated carbocycles. The van der Waals surface area contributed by atoms with Gasteiger partial charge in [-0.15, -0.1) is 0 Å². The number of nitro groups is 2. The van der Waals surface area contributed by atoms with Gasteiger partial charge in [-0.05, 0) is 65.4 Å². The number of aromatic nitrogens is 1. The monoisotopic (exact) mass is 534 g/mol.